The van der Waals surface area contributed by atoms with Crippen LogP contribution in [0.3, 0.4) is 0 Å². The number of guanidine groups is 1. The molecule has 170 valence electrons. The highest BCUT2D eigenvalue weighted by atomic mass is 127. The Morgan fingerprint density at radius 3 is 2.53 bits per heavy atom. The van der Waals surface area contributed by atoms with Crippen LogP contribution in [0.2, 0.25) is 0 Å². The molecule has 0 aliphatic carbocycles. The van der Waals surface area contributed by atoms with Gasteiger partial charge in [0, 0.05) is 76.2 Å². The summed E-state index contributed by atoms with van der Waals surface area (Å²) in [5, 5.41) is 4.47. The van der Waals surface area contributed by atoms with Gasteiger partial charge in [-0.3, -0.25) is 9.79 Å². The van der Waals surface area contributed by atoms with E-state index in [1.165, 1.54) is 11.5 Å². The van der Waals surface area contributed by atoms with Crippen molar-refractivity contribution in [1.82, 2.24) is 24.5 Å². The number of anilines is 1. The lowest BCUT2D eigenvalue weighted by Crippen LogP contribution is -2.52. The van der Waals surface area contributed by atoms with Gasteiger partial charge >= 0.3 is 0 Å². The third-order valence-electron chi connectivity index (χ3n) is 5.70. The summed E-state index contributed by atoms with van der Waals surface area (Å²) in [5.41, 5.74) is 0. The van der Waals surface area contributed by atoms with Crippen LogP contribution < -0.4 is 10.2 Å². The molecule has 2 aliphatic rings. The molecular weight excluding hydrogens is 513 g/mol. The van der Waals surface area contributed by atoms with Crippen molar-refractivity contribution >= 4 is 52.5 Å². The fourth-order valence-corrected chi connectivity index (χ4v) is 4.81. The molecule has 2 aliphatic heterocycles. The van der Waals surface area contributed by atoms with Gasteiger partial charge < -0.3 is 20.0 Å². The van der Waals surface area contributed by atoms with Crippen LogP contribution in [0.5, 0.6) is 0 Å². The molecule has 0 bridgehead atoms. The van der Waals surface area contributed by atoms with Crippen molar-refractivity contribution in [3.8, 4) is 0 Å². The number of aromatic nitrogens is 2. The van der Waals surface area contributed by atoms with Gasteiger partial charge in [-0.25, -0.2) is 4.98 Å². The number of rotatable bonds is 8. The van der Waals surface area contributed by atoms with E-state index in [9.17, 15) is 4.79 Å². The Morgan fingerprint density at radius 1 is 1.20 bits per heavy atom. The van der Waals surface area contributed by atoms with Crippen LogP contribution in [0, 0.1) is 0 Å². The predicted octanol–water partition coefficient (Wildman–Crippen LogP) is 2.60. The number of nitrogens with one attached hydrogen (secondary N) is 1. The minimum atomic E-state index is 0. The van der Waals surface area contributed by atoms with E-state index >= 15 is 0 Å². The summed E-state index contributed by atoms with van der Waals surface area (Å²) in [6.45, 7) is 12.6. The van der Waals surface area contributed by atoms with Crippen LogP contribution in [-0.2, 0) is 11.2 Å². The first-order chi connectivity index (χ1) is 14.2. The molecule has 30 heavy (non-hydrogen) atoms. The first-order valence-electron chi connectivity index (χ1n) is 11.1. The zero-order chi connectivity index (χ0) is 20.6. The highest BCUT2D eigenvalue weighted by Gasteiger charge is 2.26. The van der Waals surface area contributed by atoms with Crippen molar-refractivity contribution in [3.05, 3.63) is 5.82 Å². The molecule has 3 heterocycles. The number of halogens is 1. The molecular formula is C20H36IN7OS. The SMILES string of the molecule is CCNC(=NCCC(CC)N1CCCC1=O)N1CCN(c2nc(CC)ns2)CC1.I. The highest BCUT2D eigenvalue weighted by molar-refractivity contribution is 14.0. The topological polar surface area (TPSA) is 77.0 Å². The van der Waals surface area contributed by atoms with Gasteiger partial charge in [0.25, 0.3) is 0 Å². The fourth-order valence-electron chi connectivity index (χ4n) is 4.01. The maximum Gasteiger partial charge on any atom is 0.222 e. The first kappa shape index (κ1) is 25.1. The number of piperazine rings is 1. The number of nitrogens with zero attached hydrogens (tertiary/aromatic N) is 6. The molecule has 0 aromatic carbocycles. The number of hydrogen-bond donors (Lipinski definition) is 1. The standard InChI is InChI=1S/C20H35N7OS.HI/c1-4-16(27-11-7-8-18(27)28)9-10-22-19(21-6-3)25-12-14-26(15-13-25)20-23-17(5-2)24-29-20;/h16H,4-15H2,1-3H3,(H,21,22);1H. The van der Waals surface area contributed by atoms with Gasteiger partial charge in [-0.15, -0.1) is 24.0 Å². The van der Waals surface area contributed by atoms with Gasteiger partial charge in [0.15, 0.2) is 5.96 Å². The zero-order valence-corrected chi connectivity index (χ0v) is 21.6. The van der Waals surface area contributed by atoms with E-state index in [4.69, 9.17) is 4.99 Å². The average molecular weight is 550 g/mol. The average Bonchev–Trinajstić information content (AvgIpc) is 3.40. The Bertz CT molecular complexity index is 690. The van der Waals surface area contributed by atoms with Crippen LogP contribution in [0.15, 0.2) is 4.99 Å². The second-order valence-electron chi connectivity index (χ2n) is 7.60. The van der Waals surface area contributed by atoms with Crippen molar-refractivity contribution < 1.29 is 4.79 Å². The van der Waals surface area contributed by atoms with Crippen molar-refractivity contribution in [2.24, 2.45) is 4.99 Å². The minimum absolute atomic E-state index is 0. The summed E-state index contributed by atoms with van der Waals surface area (Å²) < 4.78 is 4.41. The molecule has 3 rings (SSSR count). The molecule has 1 aromatic rings. The fraction of sp³-hybridized carbons (Fsp3) is 0.800. The van der Waals surface area contributed by atoms with E-state index in [-0.39, 0.29) is 24.0 Å². The Kier molecular flexibility index (Phi) is 10.6. The smallest absolute Gasteiger partial charge is 0.222 e. The van der Waals surface area contributed by atoms with Gasteiger partial charge in [-0.1, -0.05) is 13.8 Å². The molecule has 1 atom stereocenters. The molecule has 1 unspecified atom stereocenters. The van der Waals surface area contributed by atoms with Gasteiger partial charge in [0.1, 0.15) is 5.82 Å². The van der Waals surface area contributed by atoms with E-state index in [1.807, 2.05) is 0 Å². The van der Waals surface area contributed by atoms with E-state index in [1.54, 1.807) is 0 Å². The molecule has 0 saturated carbocycles. The van der Waals surface area contributed by atoms with Gasteiger partial charge in [0.2, 0.25) is 11.0 Å². The summed E-state index contributed by atoms with van der Waals surface area (Å²) >= 11 is 1.50. The Balaban J connectivity index is 0.00000320. The number of aryl methyl sites for hydroxylation is 1. The summed E-state index contributed by atoms with van der Waals surface area (Å²) in [6.07, 6.45) is 4.52. The highest BCUT2D eigenvalue weighted by Crippen LogP contribution is 2.20. The summed E-state index contributed by atoms with van der Waals surface area (Å²) in [5.74, 6) is 2.23. The monoisotopic (exact) mass is 549 g/mol. The Hall–Kier alpha value is -1.17. The number of amides is 1. The molecule has 2 saturated heterocycles. The summed E-state index contributed by atoms with van der Waals surface area (Å²) in [6, 6.07) is 0.318. The van der Waals surface area contributed by atoms with Crippen LogP contribution >= 0.6 is 35.5 Å². The lowest BCUT2D eigenvalue weighted by atomic mass is 10.1. The Labute approximate surface area is 201 Å². The molecule has 0 spiro atoms. The minimum Gasteiger partial charge on any atom is -0.357 e. The van der Waals surface area contributed by atoms with Gasteiger partial charge in [-0.2, -0.15) is 4.37 Å². The van der Waals surface area contributed by atoms with E-state index in [2.05, 4.69) is 50.1 Å². The van der Waals surface area contributed by atoms with Crippen LogP contribution in [0.25, 0.3) is 0 Å². The molecule has 1 amide bonds. The van der Waals surface area contributed by atoms with Gasteiger partial charge in [-0.05, 0) is 26.2 Å². The van der Waals surface area contributed by atoms with Crippen molar-refractivity contribution in [3.63, 3.8) is 0 Å². The maximum atomic E-state index is 12.0. The second-order valence-corrected chi connectivity index (χ2v) is 8.33. The Morgan fingerprint density at radius 2 is 1.97 bits per heavy atom. The lowest BCUT2D eigenvalue weighted by Gasteiger charge is -2.36. The number of hydrogen-bond acceptors (Lipinski definition) is 6. The molecule has 10 heteroatoms. The van der Waals surface area contributed by atoms with Crippen LogP contribution in [-0.4, -0.2) is 82.9 Å². The third-order valence-corrected chi connectivity index (χ3v) is 6.52. The lowest BCUT2D eigenvalue weighted by molar-refractivity contribution is -0.129. The van der Waals surface area contributed by atoms with Crippen molar-refractivity contribution in [1.29, 1.82) is 0 Å². The number of carbonyl (C=O) groups is 1. The zero-order valence-electron chi connectivity index (χ0n) is 18.5. The van der Waals surface area contributed by atoms with E-state index in [0.717, 1.165) is 88.4 Å². The van der Waals surface area contributed by atoms with Gasteiger partial charge in [0.05, 0.1) is 0 Å². The third kappa shape index (κ3) is 6.41. The normalized spacial score (nSPS) is 18.6. The van der Waals surface area contributed by atoms with Crippen LogP contribution in [0.1, 0.15) is 52.3 Å². The molecule has 8 nitrogen and oxygen atoms in total. The van der Waals surface area contributed by atoms with Crippen LogP contribution in [0.4, 0.5) is 5.13 Å². The van der Waals surface area contributed by atoms with E-state index < -0.39 is 0 Å². The molecule has 2 fully saturated rings. The first-order valence-corrected chi connectivity index (χ1v) is 11.8. The van der Waals surface area contributed by atoms with Crippen molar-refractivity contribution in [2.75, 3.05) is 50.7 Å². The molecule has 1 N–H and O–H groups in total. The molecule has 1 aromatic heterocycles. The quantitative estimate of drug-likeness (QED) is 0.305. The maximum absolute atomic E-state index is 12.0. The summed E-state index contributed by atoms with van der Waals surface area (Å²) in [7, 11) is 0. The summed E-state index contributed by atoms with van der Waals surface area (Å²) in [4.78, 5) is 28.3. The van der Waals surface area contributed by atoms with Crippen molar-refractivity contribution in [2.45, 2.75) is 58.9 Å². The largest absolute Gasteiger partial charge is 0.357 e. The number of aliphatic imine (C=N–C) groups is 1. The number of carbonyl (C=O) groups excluding carboxylic acids is 1. The predicted molar refractivity (Wildman–Crippen MR) is 134 cm³/mol. The number of likely N-dealkylation sites (tertiary alicyclic amines) is 1. The second kappa shape index (κ2) is 12.6. The van der Waals surface area contributed by atoms with E-state index in [0.29, 0.717) is 18.4 Å². The molecule has 0 radical (unpaired) electrons.